The van der Waals surface area contributed by atoms with Gasteiger partial charge in [-0.15, -0.1) is 0 Å². The Labute approximate surface area is 153 Å². The maximum atomic E-state index is 11.0. The molecule has 4 heteroatoms. The van der Waals surface area contributed by atoms with Gasteiger partial charge in [0.1, 0.15) is 11.7 Å². The number of hydrogen-bond donors (Lipinski definition) is 1. The van der Waals surface area contributed by atoms with E-state index in [1.807, 2.05) is 0 Å². The number of aliphatic carboxylic acids is 1. The van der Waals surface area contributed by atoms with Gasteiger partial charge >= 0.3 is 5.97 Å². The molecule has 0 bridgehead atoms. The predicted molar refractivity (Wildman–Crippen MR) is 101 cm³/mol. The topological polar surface area (TPSA) is 55.8 Å². The molecule has 4 nitrogen and oxygen atoms in total. The molecule has 0 aromatic heterocycles. The first-order valence-corrected chi connectivity index (χ1v) is 10.1. The summed E-state index contributed by atoms with van der Waals surface area (Å²) in [5.41, 5.74) is 0.947. The molecule has 1 heterocycles. The van der Waals surface area contributed by atoms with E-state index in [1.165, 1.54) is 31.3 Å². The molecule has 25 heavy (non-hydrogen) atoms. The van der Waals surface area contributed by atoms with Crippen molar-refractivity contribution in [2.45, 2.75) is 104 Å². The number of allylic oxidation sites excluding steroid dienone is 1. The van der Waals surface area contributed by atoms with Gasteiger partial charge in [0.25, 0.3) is 0 Å². The molecule has 1 saturated heterocycles. The van der Waals surface area contributed by atoms with E-state index in [4.69, 9.17) is 14.9 Å². The highest BCUT2D eigenvalue weighted by atomic mass is 17.2. The highest BCUT2D eigenvalue weighted by molar-refractivity contribution is 5.67. The summed E-state index contributed by atoms with van der Waals surface area (Å²) in [4.78, 5) is 22.4. The van der Waals surface area contributed by atoms with Gasteiger partial charge in [0.05, 0.1) is 6.42 Å². The third kappa shape index (κ3) is 7.10. The van der Waals surface area contributed by atoms with Crippen LogP contribution in [0.25, 0.3) is 0 Å². The first-order chi connectivity index (χ1) is 11.9. The zero-order valence-corrected chi connectivity index (χ0v) is 16.8. The van der Waals surface area contributed by atoms with Crippen molar-refractivity contribution in [1.82, 2.24) is 0 Å². The van der Waals surface area contributed by atoms with Gasteiger partial charge in [-0.3, -0.25) is 4.79 Å². The number of carboxylic acid groups (broad SMARTS) is 1. The standard InChI is InChI=1S/C21H38O4/c1-6-10-11-17(7-2)12-16(5)14-21(9-4)15-18(8-3)19(24-25-21)13-20(22)23/h14,17-19H,6-13,15H2,1-5H3,(H,22,23)/t17?,18-,19+,21-/m1/s1. The van der Waals surface area contributed by atoms with E-state index < -0.39 is 11.6 Å². The Morgan fingerprint density at radius 2 is 2.04 bits per heavy atom. The minimum atomic E-state index is -0.829. The summed E-state index contributed by atoms with van der Waals surface area (Å²) >= 11 is 0. The van der Waals surface area contributed by atoms with Crippen molar-refractivity contribution < 1.29 is 19.7 Å². The summed E-state index contributed by atoms with van der Waals surface area (Å²) in [5.74, 6) is 0.122. The minimum absolute atomic E-state index is 0.00985. The van der Waals surface area contributed by atoms with Crippen molar-refractivity contribution in [1.29, 1.82) is 0 Å². The molecule has 1 unspecified atom stereocenters. The van der Waals surface area contributed by atoms with Crippen molar-refractivity contribution in [3.05, 3.63) is 11.6 Å². The Hall–Kier alpha value is -0.870. The van der Waals surface area contributed by atoms with Crippen LogP contribution in [0, 0.1) is 11.8 Å². The largest absolute Gasteiger partial charge is 0.481 e. The fourth-order valence-electron chi connectivity index (χ4n) is 3.92. The van der Waals surface area contributed by atoms with Crippen molar-refractivity contribution >= 4 is 5.97 Å². The third-order valence-electron chi connectivity index (χ3n) is 5.63. The summed E-state index contributed by atoms with van der Waals surface area (Å²) in [6.45, 7) is 10.9. The highest BCUT2D eigenvalue weighted by Crippen LogP contribution is 2.39. The van der Waals surface area contributed by atoms with Crippen molar-refractivity contribution in [2.75, 3.05) is 0 Å². The summed E-state index contributed by atoms with van der Waals surface area (Å²) < 4.78 is 0. The summed E-state index contributed by atoms with van der Waals surface area (Å²) in [5, 5.41) is 9.06. The van der Waals surface area contributed by atoms with E-state index in [0.717, 1.165) is 31.6 Å². The lowest BCUT2D eigenvalue weighted by atomic mass is 9.80. The quantitative estimate of drug-likeness (QED) is 0.370. The molecule has 0 amide bonds. The highest BCUT2D eigenvalue weighted by Gasteiger charge is 2.41. The monoisotopic (exact) mass is 354 g/mol. The maximum Gasteiger partial charge on any atom is 0.306 e. The second kappa shape index (κ2) is 11.0. The van der Waals surface area contributed by atoms with Crippen LogP contribution in [0.2, 0.25) is 0 Å². The molecule has 0 radical (unpaired) electrons. The van der Waals surface area contributed by atoms with Gasteiger partial charge in [-0.05, 0) is 38.0 Å². The van der Waals surface area contributed by atoms with Gasteiger partial charge in [-0.25, -0.2) is 9.78 Å². The lowest BCUT2D eigenvalue weighted by Gasteiger charge is -2.41. The normalized spacial score (nSPS) is 28.8. The van der Waals surface area contributed by atoms with Gasteiger partial charge in [-0.1, -0.05) is 71.4 Å². The molecule has 1 aliphatic heterocycles. The Morgan fingerprint density at radius 3 is 2.56 bits per heavy atom. The number of carbonyl (C=O) groups is 1. The number of unbranched alkanes of at least 4 members (excludes halogenated alkanes) is 1. The lowest BCUT2D eigenvalue weighted by Crippen LogP contribution is -2.44. The van der Waals surface area contributed by atoms with Crippen LogP contribution in [0.3, 0.4) is 0 Å². The average Bonchev–Trinajstić information content (AvgIpc) is 2.59. The Kier molecular flexibility index (Phi) is 9.73. The molecular formula is C21H38O4. The Morgan fingerprint density at radius 1 is 1.32 bits per heavy atom. The van der Waals surface area contributed by atoms with Crippen molar-refractivity contribution in [2.24, 2.45) is 11.8 Å². The molecule has 1 rings (SSSR count). The maximum absolute atomic E-state index is 11.0. The fraction of sp³-hybridized carbons (Fsp3) is 0.857. The van der Waals surface area contributed by atoms with Crippen molar-refractivity contribution in [3.8, 4) is 0 Å². The van der Waals surface area contributed by atoms with E-state index >= 15 is 0 Å². The SMILES string of the molecule is CCCCC(CC)CC(C)=C[C@]1(CC)C[C@@H](CC)[C@H](CC(=O)O)OO1. The number of carboxylic acids is 1. The molecule has 0 spiro atoms. The van der Waals surface area contributed by atoms with Crippen LogP contribution in [0.4, 0.5) is 0 Å². The van der Waals surface area contributed by atoms with E-state index in [0.29, 0.717) is 0 Å². The average molecular weight is 355 g/mol. The summed E-state index contributed by atoms with van der Waals surface area (Å²) in [7, 11) is 0. The molecule has 0 aromatic carbocycles. The van der Waals surface area contributed by atoms with E-state index in [1.54, 1.807) is 0 Å². The third-order valence-corrected chi connectivity index (χ3v) is 5.63. The molecule has 1 aliphatic rings. The first kappa shape index (κ1) is 22.2. The molecule has 0 aliphatic carbocycles. The molecular weight excluding hydrogens is 316 g/mol. The van der Waals surface area contributed by atoms with Crippen LogP contribution >= 0.6 is 0 Å². The summed E-state index contributed by atoms with van der Waals surface area (Å²) in [6, 6.07) is 0. The van der Waals surface area contributed by atoms with E-state index in [2.05, 4.69) is 40.7 Å². The van der Waals surface area contributed by atoms with Gasteiger partial charge in [-0.2, -0.15) is 0 Å². The number of rotatable bonds is 11. The summed E-state index contributed by atoms with van der Waals surface area (Å²) in [6.07, 6.45) is 10.6. The second-order valence-electron chi connectivity index (χ2n) is 7.72. The van der Waals surface area contributed by atoms with Crippen LogP contribution in [-0.2, 0) is 14.6 Å². The van der Waals surface area contributed by atoms with E-state index in [9.17, 15) is 4.79 Å². The molecule has 0 saturated carbocycles. The molecule has 146 valence electrons. The smallest absolute Gasteiger partial charge is 0.306 e. The van der Waals surface area contributed by atoms with Gasteiger partial charge in [0, 0.05) is 0 Å². The molecule has 1 fully saturated rings. The predicted octanol–water partition coefficient (Wildman–Crippen LogP) is 5.91. The zero-order valence-electron chi connectivity index (χ0n) is 16.8. The van der Waals surface area contributed by atoms with Crippen molar-refractivity contribution in [3.63, 3.8) is 0 Å². The van der Waals surface area contributed by atoms with Gasteiger partial charge < -0.3 is 5.11 Å². The zero-order chi connectivity index (χ0) is 18.9. The molecule has 4 atom stereocenters. The Bertz CT molecular complexity index is 432. The Balaban J connectivity index is 2.79. The fourth-order valence-corrected chi connectivity index (χ4v) is 3.92. The van der Waals surface area contributed by atoms with Gasteiger partial charge in [0.15, 0.2) is 0 Å². The van der Waals surface area contributed by atoms with Crippen LogP contribution in [0.15, 0.2) is 11.6 Å². The van der Waals surface area contributed by atoms with Crippen LogP contribution < -0.4 is 0 Å². The first-order valence-electron chi connectivity index (χ1n) is 10.1. The lowest BCUT2D eigenvalue weighted by molar-refractivity contribution is -0.409. The second-order valence-corrected chi connectivity index (χ2v) is 7.72. The number of hydrogen-bond acceptors (Lipinski definition) is 3. The van der Waals surface area contributed by atoms with Crippen LogP contribution in [0.5, 0.6) is 0 Å². The molecule has 0 aromatic rings. The van der Waals surface area contributed by atoms with E-state index in [-0.39, 0.29) is 18.4 Å². The van der Waals surface area contributed by atoms with Gasteiger partial charge in [0.2, 0.25) is 0 Å². The van der Waals surface area contributed by atoms with Crippen LogP contribution in [0.1, 0.15) is 92.4 Å². The minimum Gasteiger partial charge on any atom is -0.481 e. The molecule has 1 N–H and O–H groups in total. The van der Waals surface area contributed by atoms with Crippen LogP contribution in [-0.4, -0.2) is 22.8 Å².